The number of hydrogen-bond donors (Lipinski definition) is 0. The number of carbonyl (C=O) groups is 1. The van der Waals surface area contributed by atoms with Crippen LogP contribution in [0, 0.1) is 11.3 Å². The summed E-state index contributed by atoms with van der Waals surface area (Å²) in [6, 6.07) is 5.40. The van der Waals surface area contributed by atoms with E-state index in [-0.39, 0.29) is 11.1 Å². The average Bonchev–Trinajstić information content (AvgIpc) is 2.66. The predicted octanol–water partition coefficient (Wildman–Crippen LogP) is 2.02. The molecule has 0 amide bonds. The van der Waals surface area contributed by atoms with Crippen molar-refractivity contribution in [3.8, 4) is 6.07 Å². The fraction of sp³-hybridized carbons (Fsp3) is 0.182. The first kappa shape index (κ1) is 10.8. The zero-order valence-electron chi connectivity index (χ0n) is 8.57. The van der Waals surface area contributed by atoms with Crippen LogP contribution in [0.4, 0.5) is 0 Å². The molecule has 1 aromatic carbocycles. The van der Waals surface area contributed by atoms with Crippen LogP contribution in [-0.4, -0.2) is 20.9 Å². The van der Waals surface area contributed by atoms with Crippen molar-refractivity contribution in [3.05, 3.63) is 29.5 Å². The van der Waals surface area contributed by atoms with Crippen LogP contribution in [-0.2, 0) is 7.05 Å². The molecule has 1 aromatic heterocycles. The maximum Gasteiger partial charge on any atom is 0.173 e. The smallest absolute Gasteiger partial charge is 0.173 e. The Morgan fingerprint density at radius 2 is 2.38 bits per heavy atom. The van der Waals surface area contributed by atoms with Gasteiger partial charge in [0.15, 0.2) is 5.78 Å². The van der Waals surface area contributed by atoms with Gasteiger partial charge in [-0.25, -0.2) is 0 Å². The number of aryl methyl sites for hydroxylation is 1. The number of nitriles is 1. The van der Waals surface area contributed by atoms with E-state index in [9.17, 15) is 4.79 Å². The van der Waals surface area contributed by atoms with E-state index in [0.29, 0.717) is 16.6 Å². The van der Waals surface area contributed by atoms with Gasteiger partial charge in [-0.2, -0.15) is 10.4 Å². The summed E-state index contributed by atoms with van der Waals surface area (Å²) < 4.78 is 1.63. The van der Waals surface area contributed by atoms with E-state index in [1.165, 1.54) is 0 Å². The zero-order valence-corrected chi connectivity index (χ0v) is 10.2. The van der Waals surface area contributed by atoms with E-state index in [1.54, 1.807) is 30.1 Å². The van der Waals surface area contributed by atoms with Crippen molar-refractivity contribution in [1.82, 2.24) is 9.78 Å². The van der Waals surface area contributed by atoms with E-state index >= 15 is 0 Å². The quantitative estimate of drug-likeness (QED) is 0.623. The minimum Gasteiger partial charge on any atom is -0.293 e. The van der Waals surface area contributed by atoms with Gasteiger partial charge < -0.3 is 0 Å². The summed E-state index contributed by atoms with van der Waals surface area (Å²) in [7, 11) is 1.78. The van der Waals surface area contributed by atoms with Crippen molar-refractivity contribution in [2.24, 2.45) is 7.05 Å². The lowest BCUT2D eigenvalue weighted by atomic mass is 10.1. The van der Waals surface area contributed by atoms with Gasteiger partial charge in [0, 0.05) is 24.2 Å². The van der Waals surface area contributed by atoms with Crippen molar-refractivity contribution in [3.63, 3.8) is 0 Å². The zero-order chi connectivity index (χ0) is 11.7. The Hall–Kier alpha value is -1.67. The molecule has 1 heterocycles. The first-order chi connectivity index (χ1) is 7.65. The molecule has 5 heteroatoms. The van der Waals surface area contributed by atoms with E-state index < -0.39 is 0 Å². The van der Waals surface area contributed by atoms with Crippen LogP contribution in [0.1, 0.15) is 15.9 Å². The number of fused-ring (bicyclic) bond motifs is 1. The van der Waals surface area contributed by atoms with Gasteiger partial charge in [-0.3, -0.25) is 9.48 Å². The molecule has 0 N–H and O–H groups in total. The van der Waals surface area contributed by atoms with Crippen LogP contribution >= 0.6 is 15.9 Å². The molecule has 0 radical (unpaired) electrons. The second-order valence-electron chi connectivity index (χ2n) is 3.43. The van der Waals surface area contributed by atoms with Crippen molar-refractivity contribution in [1.29, 1.82) is 5.26 Å². The summed E-state index contributed by atoms with van der Waals surface area (Å²) in [5, 5.41) is 14.2. The molecule has 0 aliphatic rings. The molecular weight excluding hydrogens is 270 g/mol. The Labute approximate surface area is 101 Å². The molecular formula is C11H8BrN3O. The van der Waals surface area contributed by atoms with Gasteiger partial charge in [-0.05, 0) is 12.1 Å². The second-order valence-corrected chi connectivity index (χ2v) is 3.99. The SMILES string of the molecule is Cn1cc2cc(C(=O)CBr)cc(C#N)c2n1. The number of Topliss-reactive ketones (excluding diaryl/α,β-unsaturated/α-hetero) is 1. The number of halogens is 1. The molecule has 16 heavy (non-hydrogen) atoms. The minimum atomic E-state index is -0.0396. The Bertz CT molecular complexity index is 609. The molecule has 0 spiro atoms. The summed E-state index contributed by atoms with van der Waals surface area (Å²) in [6.45, 7) is 0. The molecule has 0 saturated heterocycles. The number of hydrogen-bond acceptors (Lipinski definition) is 3. The third-order valence-electron chi connectivity index (χ3n) is 2.29. The molecule has 0 fully saturated rings. The third-order valence-corrected chi connectivity index (χ3v) is 2.80. The first-order valence-corrected chi connectivity index (χ1v) is 5.74. The molecule has 0 aliphatic carbocycles. The number of rotatable bonds is 2. The summed E-state index contributed by atoms with van der Waals surface area (Å²) in [5.74, 6) is -0.0396. The maximum atomic E-state index is 11.5. The predicted molar refractivity (Wildman–Crippen MR) is 63.6 cm³/mol. The van der Waals surface area contributed by atoms with Crippen LogP contribution in [0.25, 0.3) is 10.9 Å². The Kier molecular flexibility index (Phi) is 2.75. The van der Waals surface area contributed by atoms with Crippen LogP contribution < -0.4 is 0 Å². The fourth-order valence-electron chi connectivity index (χ4n) is 1.58. The molecule has 0 unspecified atom stereocenters. The van der Waals surface area contributed by atoms with Crippen molar-refractivity contribution >= 4 is 32.6 Å². The largest absolute Gasteiger partial charge is 0.293 e. The normalized spacial score (nSPS) is 10.3. The Morgan fingerprint density at radius 1 is 1.62 bits per heavy atom. The summed E-state index contributed by atoms with van der Waals surface area (Å²) in [6.07, 6.45) is 1.79. The number of alkyl halides is 1. The van der Waals surface area contributed by atoms with E-state index in [2.05, 4.69) is 27.1 Å². The average molecular weight is 278 g/mol. The van der Waals surface area contributed by atoms with Gasteiger partial charge in [0.1, 0.15) is 11.6 Å². The standard InChI is InChI=1S/C11H8BrN3O/c1-15-6-9-3-7(10(16)4-12)2-8(5-13)11(9)14-15/h2-3,6H,4H2,1H3. The first-order valence-electron chi connectivity index (χ1n) is 4.62. The van der Waals surface area contributed by atoms with E-state index in [0.717, 1.165) is 5.39 Å². The van der Waals surface area contributed by atoms with Crippen LogP contribution in [0.3, 0.4) is 0 Å². The Morgan fingerprint density at radius 3 is 3.00 bits per heavy atom. The number of carbonyl (C=O) groups excluding carboxylic acids is 1. The van der Waals surface area contributed by atoms with E-state index in [4.69, 9.17) is 5.26 Å². The topological polar surface area (TPSA) is 58.7 Å². The monoisotopic (exact) mass is 277 g/mol. The van der Waals surface area contributed by atoms with Crippen LogP contribution in [0.2, 0.25) is 0 Å². The molecule has 2 aromatic rings. The van der Waals surface area contributed by atoms with Crippen LogP contribution in [0.15, 0.2) is 18.3 Å². The Balaban J connectivity index is 2.73. The third kappa shape index (κ3) is 1.72. The molecule has 80 valence electrons. The molecule has 0 atom stereocenters. The lowest BCUT2D eigenvalue weighted by Crippen LogP contribution is -2.00. The van der Waals surface area contributed by atoms with Gasteiger partial charge in [0.25, 0.3) is 0 Å². The molecule has 2 rings (SSSR count). The van der Waals surface area contributed by atoms with Crippen molar-refractivity contribution in [2.45, 2.75) is 0 Å². The molecule has 0 bridgehead atoms. The second kappa shape index (κ2) is 4.06. The maximum absolute atomic E-state index is 11.5. The van der Waals surface area contributed by atoms with Crippen LogP contribution in [0.5, 0.6) is 0 Å². The number of aromatic nitrogens is 2. The lowest BCUT2D eigenvalue weighted by Gasteiger charge is -1.98. The molecule has 0 aliphatic heterocycles. The van der Waals surface area contributed by atoms with Gasteiger partial charge in [0.05, 0.1) is 10.9 Å². The molecule has 4 nitrogen and oxygen atoms in total. The lowest BCUT2D eigenvalue weighted by molar-refractivity contribution is 0.102. The highest BCUT2D eigenvalue weighted by Crippen LogP contribution is 2.19. The fourth-order valence-corrected chi connectivity index (χ4v) is 1.90. The summed E-state index contributed by atoms with van der Waals surface area (Å²) in [4.78, 5) is 11.5. The number of benzene rings is 1. The van der Waals surface area contributed by atoms with Gasteiger partial charge in [-0.1, -0.05) is 15.9 Å². The van der Waals surface area contributed by atoms with Gasteiger partial charge in [0.2, 0.25) is 0 Å². The van der Waals surface area contributed by atoms with Crippen molar-refractivity contribution < 1.29 is 4.79 Å². The van der Waals surface area contributed by atoms with Gasteiger partial charge >= 0.3 is 0 Å². The summed E-state index contributed by atoms with van der Waals surface area (Å²) in [5.41, 5.74) is 1.60. The van der Waals surface area contributed by atoms with Crippen molar-refractivity contribution in [2.75, 3.05) is 5.33 Å². The minimum absolute atomic E-state index is 0.0396. The highest BCUT2D eigenvalue weighted by Gasteiger charge is 2.11. The highest BCUT2D eigenvalue weighted by molar-refractivity contribution is 9.09. The number of nitrogens with zero attached hydrogens (tertiary/aromatic N) is 3. The summed E-state index contributed by atoms with van der Waals surface area (Å²) >= 11 is 3.11. The van der Waals surface area contributed by atoms with Gasteiger partial charge in [-0.15, -0.1) is 0 Å². The van der Waals surface area contributed by atoms with E-state index in [1.807, 2.05) is 0 Å². The highest BCUT2D eigenvalue weighted by atomic mass is 79.9. The number of ketones is 1. The molecule has 0 saturated carbocycles.